The number of carbonyl (C=O) groups excluding carboxylic acids is 1. The molecule has 0 atom stereocenters. The first-order valence-corrected chi connectivity index (χ1v) is 5.05. The van der Waals surface area contributed by atoms with E-state index in [0.717, 1.165) is 31.2 Å². The smallest absolute Gasteiger partial charge is 0.169 e. The first kappa shape index (κ1) is 8.16. The molecule has 0 amide bonds. The molecule has 1 fully saturated rings. The second kappa shape index (κ2) is 2.44. The van der Waals surface area contributed by atoms with E-state index in [1.54, 1.807) is 6.07 Å². The van der Waals surface area contributed by atoms with Crippen molar-refractivity contribution in [2.75, 3.05) is 0 Å². The summed E-state index contributed by atoms with van der Waals surface area (Å²) in [6, 6.07) is 4.59. The third kappa shape index (κ3) is 0.969. The second-order valence-corrected chi connectivity index (χ2v) is 4.41. The molecule has 1 aromatic carbocycles. The van der Waals surface area contributed by atoms with E-state index in [1.807, 2.05) is 0 Å². The van der Waals surface area contributed by atoms with Crippen LogP contribution in [0, 0.1) is 11.2 Å². The van der Waals surface area contributed by atoms with E-state index in [1.165, 1.54) is 12.1 Å². The van der Waals surface area contributed by atoms with Gasteiger partial charge in [-0.2, -0.15) is 0 Å². The molecule has 1 spiro atoms. The molecule has 1 aromatic rings. The zero-order valence-electron chi connectivity index (χ0n) is 7.85. The van der Waals surface area contributed by atoms with Gasteiger partial charge in [-0.25, -0.2) is 4.39 Å². The molecule has 1 saturated carbocycles. The highest BCUT2D eigenvalue weighted by Crippen LogP contribution is 2.54. The van der Waals surface area contributed by atoms with Gasteiger partial charge in [0.2, 0.25) is 0 Å². The van der Waals surface area contributed by atoms with Crippen molar-refractivity contribution in [2.24, 2.45) is 5.41 Å². The van der Waals surface area contributed by atoms with E-state index in [2.05, 4.69) is 0 Å². The van der Waals surface area contributed by atoms with Gasteiger partial charge in [-0.05, 0) is 43.4 Å². The van der Waals surface area contributed by atoms with Crippen molar-refractivity contribution in [1.82, 2.24) is 0 Å². The number of carbonyl (C=O) groups is 1. The SMILES string of the molecule is O=C1c2cc(F)ccc2CCC12CC2. The van der Waals surface area contributed by atoms with E-state index < -0.39 is 0 Å². The van der Waals surface area contributed by atoms with Gasteiger partial charge < -0.3 is 0 Å². The Morgan fingerprint density at radius 1 is 1.21 bits per heavy atom. The Balaban J connectivity index is 2.13. The minimum atomic E-state index is -0.296. The lowest BCUT2D eigenvalue weighted by molar-refractivity contribution is 0.0879. The van der Waals surface area contributed by atoms with Gasteiger partial charge in [-0.1, -0.05) is 6.07 Å². The molecule has 0 unspecified atom stereocenters. The van der Waals surface area contributed by atoms with Crippen LogP contribution in [0.5, 0.6) is 0 Å². The third-order valence-electron chi connectivity index (χ3n) is 3.52. The number of Topliss-reactive ketones (excluding diaryl/α,β-unsaturated/α-hetero) is 1. The van der Waals surface area contributed by atoms with Crippen molar-refractivity contribution in [2.45, 2.75) is 25.7 Å². The van der Waals surface area contributed by atoms with Crippen LogP contribution in [-0.2, 0) is 6.42 Å². The van der Waals surface area contributed by atoms with Crippen molar-refractivity contribution in [3.8, 4) is 0 Å². The van der Waals surface area contributed by atoms with Crippen LogP contribution >= 0.6 is 0 Å². The summed E-state index contributed by atoms with van der Waals surface area (Å²) in [6.45, 7) is 0. The van der Waals surface area contributed by atoms with Crippen molar-refractivity contribution in [3.63, 3.8) is 0 Å². The van der Waals surface area contributed by atoms with Crippen molar-refractivity contribution < 1.29 is 9.18 Å². The normalized spacial score (nSPS) is 22.2. The topological polar surface area (TPSA) is 17.1 Å². The summed E-state index contributed by atoms with van der Waals surface area (Å²) < 4.78 is 13.0. The Morgan fingerprint density at radius 2 is 2.00 bits per heavy atom. The monoisotopic (exact) mass is 190 g/mol. The fraction of sp³-hybridized carbons (Fsp3) is 0.417. The van der Waals surface area contributed by atoms with Crippen molar-refractivity contribution in [1.29, 1.82) is 0 Å². The Bertz CT molecular complexity index is 418. The summed E-state index contributed by atoms with van der Waals surface area (Å²) in [5.74, 6) is -0.118. The Labute approximate surface area is 81.9 Å². The molecule has 0 aliphatic heterocycles. The number of benzene rings is 1. The van der Waals surface area contributed by atoms with Gasteiger partial charge in [-0.15, -0.1) is 0 Å². The van der Waals surface area contributed by atoms with E-state index in [9.17, 15) is 9.18 Å². The quantitative estimate of drug-likeness (QED) is 0.614. The summed E-state index contributed by atoms with van der Waals surface area (Å²) in [4.78, 5) is 12.0. The molecule has 2 aliphatic carbocycles. The summed E-state index contributed by atoms with van der Waals surface area (Å²) >= 11 is 0. The molecular formula is C12H11FO. The van der Waals surface area contributed by atoms with E-state index >= 15 is 0 Å². The van der Waals surface area contributed by atoms with Gasteiger partial charge in [0.15, 0.2) is 5.78 Å². The molecule has 0 saturated heterocycles. The number of ketones is 1. The van der Waals surface area contributed by atoms with Gasteiger partial charge in [-0.3, -0.25) is 4.79 Å². The summed E-state index contributed by atoms with van der Waals surface area (Å²) in [5.41, 5.74) is 1.57. The van der Waals surface area contributed by atoms with Gasteiger partial charge >= 0.3 is 0 Å². The second-order valence-electron chi connectivity index (χ2n) is 4.41. The van der Waals surface area contributed by atoms with Crippen molar-refractivity contribution >= 4 is 5.78 Å². The fourth-order valence-corrected chi connectivity index (χ4v) is 2.38. The molecule has 0 N–H and O–H groups in total. The number of fused-ring (bicyclic) bond motifs is 1. The van der Waals surface area contributed by atoms with E-state index in [4.69, 9.17) is 0 Å². The molecule has 0 radical (unpaired) electrons. The van der Waals surface area contributed by atoms with Gasteiger partial charge in [0, 0.05) is 11.0 Å². The number of aryl methyl sites for hydroxylation is 1. The van der Waals surface area contributed by atoms with Crippen LogP contribution in [-0.4, -0.2) is 5.78 Å². The standard InChI is InChI=1S/C12H11FO/c13-9-2-1-8-3-4-12(5-6-12)11(14)10(8)7-9/h1-2,7H,3-6H2. The average molecular weight is 190 g/mol. The molecule has 2 heteroatoms. The maximum absolute atomic E-state index is 13.0. The van der Waals surface area contributed by atoms with Crippen LogP contribution in [0.25, 0.3) is 0 Å². The molecule has 72 valence electrons. The fourth-order valence-electron chi connectivity index (χ4n) is 2.38. The van der Waals surface area contributed by atoms with Crippen LogP contribution in [0.2, 0.25) is 0 Å². The maximum Gasteiger partial charge on any atom is 0.169 e. The Kier molecular flexibility index (Phi) is 1.42. The number of halogens is 1. The number of rotatable bonds is 0. The largest absolute Gasteiger partial charge is 0.294 e. The highest BCUT2D eigenvalue weighted by molar-refractivity contribution is 6.04. The zero-order chi connectivity index (χ0) is 9.76. The molecule has 2 aliphatic rings. The predicted molar refractivity (Wildman–Crippen MR) is 50.7 cm³/mol. The predicted octanol–water partition coefficient (Wildman–Crippen LogP) is 2.73. The first-order valence-electron chi connectivity index (χ1n) is 5.05. The number of hydrogen-bond acceptors (Lipinski definition) is 1. The van der Waals surface area contributed by atoms with Crippen LogP contribution in [0.4, 0.5) is 4.39 Å². The molecule has 0 heterocycles. The third-order valence-corrected chi connectivity index (χ3v) is 3.52. The van der Waals surface area contributed by atoms with Crippen LogP contribution in [0.1, 0.15) is 35.2 Å². The highest BCUT2D eigenvalue weighted by atomic mass is 19.1. The van der Waals surface area contributed by atoms with Gasteiger partial charge in [0.1, 0.15) is 5.82 Å². The molecule has 3 rings (SSSR count). The maximum atomic E-state index is 13.0. The Morgan fingerprint density at radius 3 is 2.71 bits per heavy atom. The lowest BCUT2D eigenvalue weighted by atomic mass is 9.80. The molecule has 0 aromatic heterocycles. The molecular weight excluding hydrogens is 179 g/mol. The van der Waals surface area contributed by atoms with Crippen LogP contribution in [0.3, 0.4) is 0 Å². The first-order chi connectivity index (χ1) is 6.71. The van der Waals surface area contributed by atoms with Gasteiger partial charge in [0.05, 0.1) is 0 Å². The average Bonchev–Trinajstić information content (AvgIpc) is 2.94. The van der Waals surface area contributed by atoms with Crippen molar-refractivity contribution in [3.05, 3.63) is 35.1 Å². The summed E-state index contributed by atoms with van der Waals surface area (Å²) in [6.07, 6.45) is 3.90. The van der Waals surface area contributed by atoms with E-state index in [0.29, 0.717) is 5.56 Å². The van der Waals surface area contributed by atoms with E-state index in [-0.39, 0.29) is 17.0 Å². The number of hydrogen-bond donors (Lipinski definition) is 0. The lowest BCUT2D eigenvalue weighted by Crippen LogP contribution is -2.23. The molecule has 1 nitrogen and oxygen atoms in total. The minimum absolute atomic E-state index is 0.0825. The van der Waals surface area contributed by atoms with Crippen LogP contribution in [0.15, 0.2) is 18.2 Å². The Hall–Kier alpha value is -1.18. The highest BCUT2D eigenvalue weighted by Gasteiger charge is 2.51. The molecule has 14 heavy (non-hydrogen) atoms. The van der Waals surface area contributed by atoms with Crippen LogP contribution < -0.4 is 0 Å². The van der Waals surface area contributed by atoms with Gasteiger partial charge in [0.25, 0.3) is 0 Å². The summed E-state index contributed by atoms with van der Waals surface area (Å²) in [5, 5.41) is 0. The minimum Gasteiger partial charge on any atom is -0.294 e. The molecule has 0 bridgehead atoms. The summed E-state index contributed by atoms with van der Waals surface area (Å²) in [7, 11) is 0. The lowest BCUT2D eigenvalue weighted by Gasteiger charge is -2.22. The zero-order valence-corrected chi connectivity index (χ0v) is 7.85.